The Labute approximate surface area is 99.5 Å². The Bertz CT molecular complexity index is 480. The molecule has 0 aliphatic carbocycles. The maximum absolute atomic E-state index is 6.08. The van der Waals surface area contributed by atoms with E-state index in [0.717, 1.165) is 35.7 Å². The molecule has 0 saturated heterocycles. The molecule has 0 atom stereocenters. The molecule has 0 aromatic carbocycles. The molecule has 0 N–H and O–H groups in total. The van der Waals surface area contributed by atoms with Gasteiger partial charge in [0.25, 0.3) is 0 Å². The topological polar surface area (TPSA) is 38.9 Å². The quantitative estimate of drug-likeness (QED) is 0.764. The van der Waals surface area contributed by atoms with Crippen LogP contribution in [0.4, 0.5) is 0 Å². The molecular weight excluding hydrogens is 224 g/mol. The molecular formula is C12H13ClN2O. The maximum atomic E-state index is 6.08. The fourth-order valence-electron chi connectivity index (χ4n) is 1.52. The summed E-state index contributed by atoms with van der Waals surface area (Å²) in [6.07, 6.45) is 3.45. The van der Waals surface area contributed by atoms with Crippen molar-refractivity contribution in [3.8, 4) is 11.5 Å². The maximum Gasteiger partial charge on any atom is 0.152 e. The van der Waals surface area contributed by atoms with Gasteiger partial charge in [-0.25, -0.2) is 9.97 Å². The number of halogens is 1. The van der Waals surface area contributed by atoms with Gasteiger partial charge in [0.1, 0.15) is 16.7 Å². The Morgan fingerprint density at radius 1 is 1.38 bits per heavy atom. The Morgan fingerprint density at radius 2 is 2.19 bits per heavy atom. The lowest BCUT2D eigenvalue weighted by molar-refractivity contribution is 0.578. The van der Waals surface area contributed by atoms with Crippen LogP contribution in [-0.4, -0.2) is 9.97 Å². The molecule has 4 heteroatoms. The fourth-order valence-corrected chi connectivity index (χ4v) is 1.71. The molecule has 16 heavy (non-hydrogen) atoms. The Balaban J connectivity index is 2.51. The van der Waals surface area contributed by atoms with Crippen LogP contribution in [0.5, 0.6) is 0 Å². The van der Waals surface area contributed by atoms with E-state index in [1.165, 1.54) is 0 Å². The highest BCUT2D eigenvalue weighted by Crippen LogP contribution is 2.26. The molecule has 3 nitrogen and oxygen atoms in total. The van der Waals surface area contributed by atoms with Gasteiger partial charge in [-0.1, -0.05) is 18.5 Å². The monoisotopic (exact) mass is 236 g/mol. The minimum atomic E-state index is 0.504. The number of rotatable bonds is 3. The van der Waals surface area contributed by atoms with Gasteiger partial charge in [-0.05, 0) is 25.5 Å². The zero-order chi connectivity index (χ0) is 11.5. The molecule has 2 rings (SSSR count). The van der Waals surface area contributed by atoms with Gasteiger partial charge in [0.05, 0.1) is 6.26 Å². The van der Waals surface area contributed by atoms with Crippen molar-refractivity contribution in [1.29, 1.82) is 0 Å². The minimum Gasteiger partial charge on any atom is -0.463 e. The van der Waals surface area contributed by atoms with E-state index in [1.54, 1.807) is 6.26 Å². The third-order valence-corrected chi connectivity index (χ3v) is 2.73. The first kappa shape index (κ1) is 11.1. The van der Waals surface area contributed by atoms with Crippen molar-refractivity contribution >= 4 is 11.6 Å². The van der Waals surface area contributed by atoms with Crippen LogP contribution in [0.15, 0.2) is 22.8 Å². The van der Waals surface area contributed by atoms with E-state index in [0.29, 0.717) is 5.15 Å². The van der Waals surface area contributed by atoms with Crippen LogP contribution in [0.1, 0.15) is 24.7 Å². The standard InChI is InChI=1S/C12H13ClN2O/c1-3-5-10-14-11(8(2)12(13)15-10)9-6-4-7-16-9/h4,6-7H,3,5H2,1-2H3. The summed E-state index contributed by atoms with van der Waals surface area (Å²) in [4.78, 5) is 8.72. The van der Waals surface area contributed by atoms with Crippen molar-refractivity contribution in [2.24, 2.45) is 0 Å². The van der Waals surface area contributed by atoms with Gasteiger partial charge in [-0.3, -0.25) is 0 Å². The molecule has 0 bridgehead atoms. The summed E-state index contributed by atoms with van der Waals surface area (Å²) in [5.41, 5.74) is 1.64. The summed E-state index contributed by atoms with van der Waals surface area (Å²) in [7, 11) is 0. The van der Waals surface area contributed by atoms with Crippen molar-refractivity contribution in [2.75, 3.05) is 0 Å². The highest BCUT2D eigenvalue weighted by molar-refractivity contribution is 6.30. The largest absolute Gasteiger partial charge is 0.463 e. The molecule has 0 aliphatic rings. The summed E-state index contributed by atoms with van der Waals surface area (Å²) in [5, 5.41) is 0.504. The molecule has 0 amide bonds. The van der Waals surface area contributed by atoms with E-state index in [4.69, 9.17) is 16.0 Å². The fraction of sp³-hybridized carbons (Fsp3) is 0.333. The van der Waals surface area contributed by atoms with E-state index in [9.17, 15) is 0 Å². The first-order chi connectivity index (χ1) is 7.72. The molecule has 0 unspecified atom stereocenters. The van der Waals surface area contributed by atoms with E-state index < -0.39 is 0 Å². The van der Waals surface area contributed by atoms with Crippen LogP contribution < -0.4 is 0 Å². The average Bonchev–Trinajstić information content (AvgIpc) is 2.76. The van der Waals surface area contributed by atoms with Crippen molar-refractivity contribution in [1.82, 2.24) is 9.97 Å². The second-order valence-corrected chi connectivity index (χ2v) is 3.99. The number of hydrogen-bond donors (Lipinski definition) is 0. The van der Waals surface area contributed by atoms with Gasteiger partial charge in [0.15, 0.2) is 5.76 Å². The molecule has 0 aliphatic heterocycles. The molecule has 2 aromatic heterocycles. The Morgan fingerprint density at radius 3 is 2.81 bits per heavy atom. The second-order valence-electron chi connectivity index (χ2n) is 3.63. The van der Waals surface area contributed by atoms with Crippen LogP contribution in [0.25, 0.3) is 11.5 Å². The molecule has 0 radical (unpaired) electrons. The van der Waals surface area contributed by atoms with Crippen molar-refractivity contribution in [2.45, 2.75) is 26.7 Å². The van der Waals surface area contributed by atoms with Crippen molar-refractivity contribution in [3.05, 3.63) is 34.9 Å². The first-order valence-corrected chi connectivity index (χ1v) is 5.67. The molecule has 2 heterocycles. The van der Waals surface area contributed by atoms with E-state index in [2.05, 4.69) is 16.9 Å². The lowest BCUT2D eigenvalue weighted by Gasteiger charge is -2.06. The molecule has 2 aromatic rings. The lowest BCUT2D eigenvalue weighted by Crippen LogP contribution is -2.00. The van der Waals surface area contributed by atoms with Gasteiger partial charge >= 0.3 is 0 Å². The normalized spacial score (nSPS) is 10.7. The molecule has 0 saturated carbocycles. The van der Waals surface area contributed by atoms with Gasteiger partial charge in [0, 0.05) is 12.0 Å². The van der Waals surface area contributed by atoms with Gasteiger partial charge < -0.3 is 4.42 Å². The van der Waals surface area contributed by atoms with E-state index in [1.807, 2.05) is 19.1 Å². The summed E-state index contributed by atoms with van der Waals surface area (Å²) in [5.74, 6) is 1.50. The lowest BCUT2D eigenvalue weighted by atomic mass is 10.2. The highest BCUT2D eigenvalue weighted by atomic mass is 35.5. The number of aromatic nitrogens is 2. The van der Waals surface area contributed by atoms with Crippen LogP contribution in [0, 0.1) is 6.92 Å². The van der Waals surface area contributed by atoms with Gasteiger partial charge in [0.2, 0.25) is 0 Å². The summed E-state index contributed by atoms with van der Waals surface area (Å²) in [6, 6.07) is 3.71. The van der Waals surface area contributed by atoms with Gasteiger partial charge in [-0.15, -0.1) is 0 Å². The number of aryl methyl sites for hydroxylation is 1. The molecule has 84 valence electrons. The third-order valence-electron chi connectivity index (χ3n) is 2.36. The smallest absolute Gasteiger partial charge is 0.152 e. The number of furan rings is 1. The number of nitrogens with zero attached hydrogens (tertiary/aromatic N) is 2. The van der Waals surface area contributed by atoms with Crippen LogP contribution in [0.3, 0.4) is 0 Å². The molecule has 0 spiro atoms. The summed E-state index contributed by atoms with van der Waals surface area (Å²) in [6.45, 7) is 3.99. The summed E-state index contributed by atoms with van der Waals surface area (Å²) >= 11 is 6.08. The zero-order valence-electron chi connectivity index (χ0n) is 9.33. The number of hydrogen-bond acceptors (Lipinski definition) is 3. The van der Waals surface area contributed by atoms with Crippen LogP contribution >= 0.6 is 11.6 Å². The molecule has 0 fully saturated rings. The summed E-state index contributed by atoms with van der Waals surface area (Å²) < 4.78 is 5.34. The average molecular weight is 237 g/mol. The van der Waals surface area contributed by atoms with E-state index in [-0.39, 0.29) is 0 Å². The van der Waals surface area contributed by atoms with Gasteiger partial charge in [-0.2, -0.15) is 0 Å². The Hall–Kier alpha value is -1.35. The minimum absolute atomic E-state index is 0.504. The van der Waals surface area contributed by atoms with Crippen LogP contribution in [-0.2, 0) is 6.42 Å². The first-order valence-electron chi connectivity index (χ1n) is 5.29. The van der Waals surface area contributed by atoms with Crippen LogP contribution in [0.2, 0.25) is 5.15 Å². The van der Waals surface area contributed by atoms with Crippen molar-refractivity contribution < 1.29 is 4.42 Å². The van der Waals surface area contributed by atoms with Crippen molar-refractivity contribution in [3.63, 3.8) is 0 Å². The zero-order valence-corrected chi connectivity index (χ0v) is 10.1. The predicted octanol–water partition coefficient (Wildman–Crippen LogP) is 3.65. The Kier molecular flexibility index (Phi) is 3.25. The SMILES string of the molecule is CCCc1nc(Cl)c(C)c(-c2ccco2)n1. The highest BCUT2D eigenvalue weighted by Gasteiger charge is 2.12. The predicted molar refractivity (Wildman–Crippen MR) is 63.5 cm³/mol. The second kappa shape index (κ2) is 4.66. The third kappa shape index (κ3) is 2.09. The van der Waals surface area contributed by atoms with E-state index >= 15 is 0 Å².